The van der Waals surface area contributed by atoms with Crippen molar-refractivity contribution in [3.05, 3.63) is 77.6 Å². The summed E-state index contributed by atoms with van der Waals surface area (Å²) < 4.78 is 12.2. The quantitative estimate of drug-likeness (QED) is 0.303. The number of hydrogen-bond acceptors (Lipinski definition) is 5. The molecule has 6 nitrogen and oxygen atoms in total. The third kappa shape index (κ3) is 4.51. The number of rotatable bonds is 6. The minimum Gasteiger partial charge on any atom is -0.487 e. The second-order valence-corrected chi connectivity index (χ2v) is 12.2. The van der Waals surface area contributed by atoms with E-state index in [4.69, 9.17) is 9.47 Å². The molecule has 0 N–H and O–H groups in total. The van der Waals surface area contributed by atoms with Gasteiger partial charge in [0.25, 0.3) is 5.91 Å². The Bertz CT molecular complexity index is 1390. The molecule has 2 heterocycles. The van der Waals surface area contributed by atoms with E-state index < -0.39 is 0 Å². The molecule has 208 valence electrons. The second kappa shape index (κ2) is 10.4. The van der Waals surface area contributed by atoms with Crippen molar-refractivity contribution in [1.29, 1.82) is 0 Å². The van der Waals surface area contributed by atoms with Gasteiger partial charge in [0.2, 0.25) is 0 Å². The number of benzene rings is 2. The molecule has 40 heavy (non-hydrogen) atoms. The van der Waals surface area contributed by atoms with Crippen LogP contribution in [0.5, 0.6) is 5.75 Å². The number of esters is 1. The predicted molar refractivity (Wildman–Crippen MR) is 154 cm³/mol. The molecule has 6 rings (SSSR count). The standard InChI is InChI=1S/C34H38N2O4/c1-22(2)20-36(31(38)16-13-25-9-6-5-7-10-25)28-15-14-27-29-19-26-11-8-12-30-32(26)34(27,33(28)40-30)17-18-35(29)21-23(3)39-24(4)37/h5-12,22,27-29,33H,3,14-15,17-21H2,1-2,4H3/t27-,28+,29+,33-,34-/m0/s1. The Morgan fingerprint density at radius 1 is 1.18 bits per heavy atom. The highest BCUT2D eigenvalue weighted by Crippen LogP contribution is 2.62. The Kier molecular flexibility index (Phi) is 6.96. The van der Waals surface area contributed by atoms with E-state index in [1.165, 1.54) is 18.1 Å². The maximum Gasteiger partial charge on any atom is 0.307 e. The number of carbonyl (C=O) groups is 2. The molecule has 2 aromatic rings. The van der Waals surface area contributed by atoms with Gasteiger partial charge >= 0.3 is 5.97 Å². The van der Waals surface area contributed by atoms with Gasteiger partial charge in [-0.05, 0) is 67.8 Å². The summed E-state index contributed by atoms with van der Waals surface area (Å²) in [5.74, 6) is 7.80. The highest BCUT2D eigenvalue weighted by Gasteiger charge is 2.66. The van der Waals surface area contributed by atoms with Crippen LogP contribution in [0.2, 0.25) is 0 Å². The van der Waals surface area contributed by atoms with Gasteiger partial charge in [0.15, 0.2) is 0 Å². The van der Waals surface area contributed by atoms with Gasteiger partial charge in [-0.3, -0.25) is 14.5 Å². The lowest BCUT2D eigenvalue weighted by molar-refractivity contribution is -0.140. The van der Waals surface area contributed by atoms with Gasteiger partial charge < -0.3 is 14.4 Å². The smallest absolute Gasteiger partial charge is 0.307 e. The van der Waals surface area contributed by atoms with E-state index in [1.54, 1.807) is 0 Å². The summed E-state index contributed by atoms with van der Waals surface area (Å²) in [4.78, 5) is 29.8. The van der Waals surface area contributed by atoms with E-state index >= 15 is 0 Å². The fourth-order valence-electron chi connectivity index (χ4n) is 8.03. The molecule has 2 bridgehead atoms. The molecule has 0 radical (unpaired) electrons. The molecular weight excluding hydrogens is 500 g/mol. The van der Waals surface area contributed by atoms with Crippen LogP contribution < -0.4 is 4.74 Å². The van der Waals surface area contributed by atoms with E-state index in [-0.39, 0.29) is 29.4 Å². The number of piperidine rings is 1. The molecule has 2 aliphatic heterocycles. The first-order chi connectivity index (χ1) is 19.3. The van der Waals surface area contributed by atoms with E-state index in [0.29, 0.717) is 36.7 Å². The van der Waals surface area contributed by atoms with Crippen LogP contribution in [0.1, 0.15) is 56.7 Å². The highest BCUT2D eigenvalue weighted by molar-refractivity contribution is 5.94. The monoisotopic (exact) mass is 538 g/mol. The fourth-order valence-corrected chi connectivity index (χ4v) is 8.03. The lowest BCUT2D eigenvalue weighted by Gasteiger charge is -2.60. The van der Waals surface area contributed by atoms with Crippen molar-refractivity contribution >= 4 is 11.9 Å². The lowest BCUT2D eigenvalue weighted by Crippen LogP contribution is -2.69. The lowest BCUT2D eigenvalue weighted by atomic mass is 9.51. The maximum atomic E-state index is 13.7. The minimum absolute atomic E-state index is 0.0437. The molecular formula is C34H38N2O4. The van der Waals surface area contributed by atoms with Gasteiger partial charge in [-0.15, -0.1) is 0 Å². The Labute approximate surface area is 237 Å². The Hall–Kier alpha value is -3.56. The van der Waals surface area contributed by atoms with Crippen LogP contribution in [0.4, 0.5) is 0 Å². The zero-order valence-electron chi connectivity index (χ0n) is 23.7. The summed E-state index contributed by atoms with van der Waals surface area (Å²) in [5.41, 5.74) is 3.42. The number of carbonyl (C=O) groups excluding carboxylic acids is 2. The maximum absolute atomic E-state index is 13.7. The summed E-state index contributed by atoms with van der Waals surface area (Å²) in [7, 11) is 0. The minimum atomic E-state index is -0.327. The zero-order valence-corrected chi connectivity index (χ0v) is 23.7. The molecule has 0 unspecified atom stereocenters. The van der Waals surface area contributed by atoms with E-state index in [9.17, 15) is 9.59 Å². The average Bonchev–Trinajstić information content (AvgIpc) is 3.26. The van der Waals surface area contributed by atoms with E-state index in [1.807, 2.05) is 35.2 Å². The van der Waals surface area contributed by atoms with Crippen molar-refractivity contribution in [2.45, 2.75) is 70.1 Å². The molecule has 1 saturated carbocycles. The van der Waals surface area contributed by atoms with E-state index in [0.717, 1.165) is 43.5 Å². The first kappa shape index (κ1) is 26.7. The first-order valence-corrected chi connectivity index (χ1v) is 14.5. The SMILES string of the molecule is C=C(CN1CC[C@]23c4c5cccc4O[C@H]2[C@H](N(CC(C)C)C(=O)C#Cc2ccccc2)CC[C@H]3[C@H]1C5)OC(C)=O. The second-order valence-electron chi connectivity index (χ2n) is 12.2. The summed E-state index contributed by atoms with van der Waals surface area (Å²) in [6.07, 6.45) is 3.66. The normalized spacial score (nSPS) is 27.6. The van der Waals surface area contributed by atoms with Crippen molar-refractivity contribution in [2.75, 3.05) is 19.6 Å². The summed E-state index contributed by atoms with van der Waals surface area (Å²) in [5, 5.41) is 0. The van der Waals surface area contributed by atoms with Crippen LogP contribution in [0.15, 0.2) is 60.9 Å². The van der Waals surface area contributed by atoms with Gasteiger partial charge in [0.05, 0.1) is 12.6 Å². The molecule has 1 amide bonds. The molecule has 5 atom stereocenters. The topological polar surface area (TPSA) is 59.1 Å². The molecule has 4 aliphatic rings. The van der Waals surface area contributed by atoms with Crippen molar-refractivity contribution in [3.8, 4) is 17.6 Å². The average molecular weight is 539 g/mol. The Morgan fingerprint density at radius 2 is 1.98 bits per heavy atom. The highest BCUT2D eigenvalue weighted by atomic mass is 16.5. The molecule has 2 aromatic carbocycles. The predicted octanol–water partition coefficient (Wildman–Crippen LogP) is 4.71. The van der Waals surface area contributed by atoms with Crippen LogP contribution >= 0.6 is 0 Å². The van der Waals surface area contributed by atoms with Crippen molar-refractivity contribution < 1.29 is 19.1 Å². The summed E-state index contributed by atoms with van der Waals surface area (Å²) in [6.45, 7) is 11.8. The molecule has 1 spiro atoms. The largest absolute Gasteiger partial charge is 0.487 e. The molecule has 0 aromatic heterocycles. The van der Waals surface area contributed by atoms with Gasteiger partial charge in [0, 0.05) is 42.0 Å². The zero-order chi connectivity index (χ0) is 28.0. The molecule has 1 saturated heterocycles. The molecule has 2 fully saturated rings. The number of amides is 1. The van der Waals surface area contributed by atoms with Crippen molar-refractivity contribution in [1.82, 2.24) is 9.80 Å². The van der Waals surface area contributed by atoms with Crippen LogP contribution in [0, 0.1) is 23.7 Å². The van der Waals surface area contributed by atoms with Crippen LogP contribution in [-0.2, 0) is 26.2 Å². The first-order valence-electron chi connectivity index (χ1n) is 14.5. The third-order valence-electron chi connectivity index (χ3n) is 9.28. The van der Waals surface area contributed by atoms with Crippen LogP contribution in [-0.4, -0.2) is 59.5 Å². The van der Waals surface area contributed by atoms with Gasteiger partial charge in [-0.1, -0.05) is 56.7 Å². The number of hydrogen-bond donors (Lipinski definition) is 0. The number of ether oxygens (including phenoxy) is 2. The van der Waals surface area contributed by atoms with Crippen molar-refractivity contribution in [3.63, 3.8) is 0 Å². The number of nitrogens with zero attached hydrogens (tertiary/aromatic N) is 2. The molecule has 6 heteroatoms. The van der Waals surface area contributed by atoms with Gasteiger partial charge in [-0.2, -0.15) is 0 Å². The van der Waals surface area contributed by atoms with Gasteiger partial charge in [-0.25, -0.2) is 0 Å². The fraction of sp³-hybridized carbons (Fsp3) is 0.471. The van der Waals surface area contributed by atoms with Gasteiger partial charge in [0.1, 0.15) is 17.6 Å². The Balaban J connectivity index is 1.34. The Morgan fingerprint density at radius 3 is 2.73 bits per heavy atom. The summed E-state index contributed by atoms with van der Waals surface area (Å²) >= 11 is 0. The van der Waals surface area contributed by atoms with Crippen LogP contribution in [0.3, 0.4) is 0 Å². The number of likely N-dealkylation sites (tertiary alicyclic amines) is 1. The van der Waals surface area contributed by atoms with Crippen LogP contribution in [0.25, 0.3) is 0 Å². The summed E-state index contributed by atoms with van der Waals surface area (Å²) in [6, 6.07) is 16.4. The van der Waals surface area contributed by atoms with Crippen molar-refractivity contribution in [2.24, 2.45) is 11.8 Å². The van der Waals surface area contributed by atoms with E-state index in [2.05, 4.69) is 55.4 Å². The third-order valence-corrected chi connectivity index (χ3v) is 9.28. The molecule has 2 aliphatic carbocycles.